The Morgan fingerprint density at radius 1 is 0.955 bits per heavy atom. The fourth-order valence-electron chi connectivity index (χ4n) is 5.16. The number of amides is 1. The van der Waals surface area contributed by atoms with Crippen molar-refractivity contribution in [2.45, 2.75) is 53.0 Å². The van der Waals surface area contributed by atoms with Crippen LogP contribution in [0.3, 0.4) is 0 Å². The molecule has 0 aliphatic carbocycles. The Morgan fingerprint density at radius 2 is 1.73 bits per heavy atom. The standard InChI is InChI=1S/C35H36ClNO7/c1-5-7-17-43-35(40)22-8-12-25(13-9-22)37-31(23-10-14-28(29(19-23)41-6-2)42-18-16-21(3)4)30-32(38)26-20-24(36)11-15-27(26)44-33(30)34(37)39/h8-15,19-21,31H,5-7,16-18H2,1-4H3. The van der Waals surface area contributed by atoms with Gasteiger partial charge in [0.15, 0.2) is 16.9 Å². The van der Waals surface area contributed by atoms with E-state index in [1.807, 2.05) is 19.9 Å². The first-order valence-electron chi connectivity index (χ1n) is 15.0. The molecule has 1 unspecified atom stereocenters. The molecule has 44 heavy (non-hydrogen) atoms. The summed E-state index contributed by atoms with van der Waals surface area (Å²) < 4.78 is 23.4. The zero-order valence-electron chi connectivity index (χ0n) is 25.4. The zero-order valence-corrected chi connectivity index (χ0v) is 26.1. The molecule has 1 aliphatic heterocycles. The number of carbonyl (C=O) groups excluding carboxylic acids is 2. The number of ether oxygens (including phenoxy) is 3. The van der Waals surface area contributed by atoms with E-state index >= 15 is 0 Å². The largest absolute Gasteiger partial charge is 0.490 e. The summed E-state index contributed by atoms with van der Waals surface area (Å²) in [4.78, 5) is 42.1. The molecule has 0 N–H and O–H groups in total. The summed E-state index contributed by atoms with van der Waals surface area (Å²) in [6.45, 7) is 9.42. The Morgan fingerprint density at radius 3 is 2.43 bits per heavy atom. The van der Waals surface area contributed by atoms with Crippen LogP contribution in [0.1, 0.15) is 85.0 Å². The number of halogens is 1. The molecule has 0 saturated heterocycles. The second-order valence-corrected chi connectivity index (χ2v) is 11.5. The molecule has 0 fully saturated rings. The van der Waals surface area contributed by atoms with Gasteiger partial charge in [-0.2, -0.15) is 0 Å². The first-order chi connectivity index (χ1) is 21.2. The summed E-state index contributed by atoms with van der Waals surface area (Å²) in [7, 11) is 0. The molecule has 5 rings (SSSR count). The van der Waals surface area contributed by atoms with Crippen molar-refractivity contribution in [1.29, 1.82) is 0 Å². The smallest absolute Gasteiger partial charge is 0.338 e. The Kier molecular flexibility index (Phi) is 9.59. The Balaban J connectivity index is 1.61. The van der Waals surface area contributed by atoms with Gasteiger partial charge in [0, 0.05) is 10.7 Å². The monoisotopic (exact) mass is 617 g/mol. The third kappa shape index (κ3) is 6.31. The molecule has 1 atom stereocenters. The lowest BCUT2D eigenvalue weighted by atomic mass is 9.97. The van der Waals surface area contributed by atoms with Crippen molar-refractivity contribution in [2.24, 2.45) is 5.92 Å². The fraction of sp³-hybridized carbons (Fsp3) is 0.343. The first kappa shape index (κ1) is 31.1. The van der Waals surface area contributed by atoms with Crippen molar-refractivity contribution in [3.8, 4) is 11.5 Å². The molecular formula is C35H36ClNO7. The van der Waals surface area contributed by atoms with Gasteiger partial charge in [-0.05, 0) is 85.8 Å². The fourth-order valence-corrected chi connectivity index (χ4v) is 5.34. The van der Waals surface area contributed by atoms with E-state index in [-0.39, 0.29) is 27.7 Å². The van der Waals surface area contributed by atoms with Gasteiger partial charge in [0.2, 0.25) is 5.76 Å². The van der Waals surface area contributed by atoms with Crippen LogP contribution in [0, 0.1) is 5.92 Å². The number of nitrogens with zero attached hydrogens (tertiary/aromatic N) is 1. The van der Waals surface area contributed by atoms with Crippen molar-refractivity contribution in [3.05, 3.63) is 98.4 Å². The molecular weight excluding hydrogens is 582 g/mol. The summed E-state index contributed by atoms with van der Waals surface area (Å²) in [6.07, 6.45) is 2.57. The number of hydrogen-bond acceptors (Lipinski definition) is 7. The van der Waals surface area contributed by atoms with Crippen LogP contribution in [0.5, 0.6) is 11.5 Å². The van der Waals surface area contributed by atoms with Crippen molar-refractivity contribution in [2.75, 3.05) is 24.7 Å². The second kappa shape index (κ2) is 13.6. The maximum absolute atomic E-state index is 14.0. The molecule has 1 amide bonds. The van der Waals surface area contributed by atoms with E-state index < -0.39 is 17.9 Å². The van der Waals surface area contributed by atoms with Gasteiger partial charge in [-0.25, -0.2) is 4.79 Å². The van der Waals surface area contributed by atoms with Crippen LogP contribution in [0.15, 0.2) is 69.9 Å². The lowest BCUT2D eigenvalue weighted by Gasteiger charge is -2.26. The van der Waals surface area contributed by atoms with Crippen molar-refractivity contribution in [3.63, 3.8) is 0 Å². The van der Waals surface area contributed by atoms with Crippen molar-refractivity contribution in [1.82, 2.24) is 0 Å². The van der Waals surface area contributed by atoms with Gasteiger partial charge in [-0.3, -0.25) is 14.5 Å². The van der Waals surface area contributed by atoms with Crippen molar-refractivity contribution < 1.29 is 28.2 Å². The lowest BCUT2D eigenvalue weighted by Crippen LogP contribution is -2.29. The predicted octanol–water partition coefficient (Wildman–Crippen LogP) is 7.98. The summed E-state index contributed by atoms with van der Waals surface area (Å²) in [6, 6.07) is 15.9. The molecule has 0 saturated carbocycles. The highest BCUT2D eigenvalue weighted by Crippen LogP contribution is 2.43. The highest BCUT2D eigenvalue weighted by Gasteiger charge is 2.44. The maximum atomic E-state index is 14.0. The molecule has 2 heterocycles. The van der Waals surface area contributed by atoms with Gasteiger partial charge in [0.1, 0.15) is 5.58 Å². The average Bonchev–Trinajstić information content (AvgIpc) is 3.30. The molecule has 4 aromatic rings. The van der Waals surface area contributed by atoms with Crippen LogP contribution in [0.2, 0.25) is 5.02 Å². The number of anilines is 1. The van der Waals surface area contributed by atoms with Crippen LogP contribution >= 0.6 is 11.6 Å². The maximum Gasteiger partial charge on any atom is 0.338 e. The van der Waals surface area contributed by atoms with E-state index in [1.165, 1.54) is 4.90 Å². The normalized spacial score (nSPS) is 14.3. The highest BCUT2D eigenvalue weighted by molar-refractivity contribution is 6.31. The summed E-state index contributed by atoms with van der Waals surface area (Å²) in [5.41, 5.74) is 1.59. The van der Waals surface area contributed by atoms with Gasteiger partial charge >= 0.3 is 5.97 Å². The molecule has 0 radical (unpaired) electrons. The Bertz CT molecular complexity index is 1730. The van der Waals surface area contributed by atoms with E-state index in [1.54, 1.807) is 54.6 Å². The van der Waals surface area contributed by atoms with Crippen LogP contribution in [0.4, 0.5) is 5.69 Å². The number of benzene rings is 3. The highest BCUT2D eigenvalue weighted by atomic mass is 35.5. The average molecular weight is 618 g/mol. The Labute approximate surface area is 261 Å². The predicted molar refractivity (Wildman–Crippen MR) is 170 cm³/mol. The quantitative estimate of drug-likeness (QED) is 0.117. The number of carbonyl (C=O) groups is 2. The molecule has 0 bridgehead atoms. The molecule has 8 nitrogen and oxygen atoms in total. The molecule has 1 aliphatic rings. The molecule has 230 valence electrons. The van der Waals surface area contributed by atoms with E-state index in [0.717, 1.165) is 19.3 Å². The van der Waals surface area contributed by atoms with E-state index in [4.69, 9.17) is 30.2 Å². The number of unbranched alkanes of at least 4 members (excludes halogenated alkanes) is 1. The third-order valence-corrected chi connectivity index (χ3v) is 7.72. The minimum Gasteiger partial charge on any atom is -0.490 e. The van der Waals surface area contributed by atoms with E-state index in [9.17, 15) is 14.4 Å². The van der Waals surface area contributed by atoms with Gasteiger partial charge in [0.25, 0.3) is 5.91 Å². The third-order valence-electron chi connectivity index (χ3n) is 7.48. The first-order valence-corrected chi connectivity index (χ1v) is 15.4. The number of fused-ring (bicyclic) bond motifs is 2. The zero-order chi connectivity index (χ0) is 31.4. The number of hydrogen-bond donors (Lipinski definition) is 0. The summed E-state index contributed by atoms with van der Waals surface area (Å²) in [5, 5.41) is 0.658. The van der Waals surface area contributed by atoms with Crippen molar-refractivity contribution >= 4 is 40.1 Å². The lowest BCUT2D eigenvalue weighted by molar-refractivity contribution is 0.0499. The van der Waals surface area contributed by atoms with Gasteiger partial charge in [0.05, 0.1) is 42.4 Å². The molecule has 9 heteroatoms. The van der Waals surface area contributed by atoms with E-state index in [2.05, 4.69) is 13.8 Å². The Hall–Kier alpha value is -4.30. The minimum absolute atomic E-state index is 0.0481. The second-order valence-electron chi connectivity index (χ2n) is 11.1. The van der Waals surface area contributed by atoms with Gasteiger partial charge in [-0.1, -0.05) is 44.9 Å². The minimum atomic E-state index is -0.844. The topological polar surface area (TPSA) is 95.3 Å². The molecule has 1 aromatic heterocycles. The van der Waals surface area contributed by atoms with Crippen LogP contribution in [0.25, 0.3) is 11.0 Å². The van der Waals surface area contributed by atoms with Crippen LogP contribution in [-0.4, -0.2) is 31.7 Å². The summed E-state index contributed by atoms with van der Waals surface area (Å²) in [5.74, 6) is 0.600. The SMILES string of the molecule is CCCCOC(=O)c1ccc(N2C(=O)c3oc4ccc(Cl)cc4c(=O)c3C2c2ccc(OCCC(C)C)c(OCC)c2)cc1. The molecule has 0 spiro atoms. The van der Waals surface area contributed by atoms with E-state index in [0.29, 0.717) is 59.1 Å². The van der Waals surface area contributed by atoms with Gasteiger partial charge < -0.3 is 18.6 Å². The van der Waals surface area contributed by atoms with Gasteiger partial charge in [-0.15, -0.1) is 0 Å². The summed E-state index contributed by atoms with van der Waals surface area (Å²) >= 11 is 6.24. The van der Waals surface area contributed by atoms with Crippen LogP contribution in [-0.2, 0) is 4.74 Å². The number of rotatable bonds is 12. The molecule has 3 aromatic carbocycles. The number of esters is 1. The van der Waals surface area contributed by atoms with Crippen LogP contribution < -0.4 is 19.8 Å².